The van der Waals surface area contributed by atoms with E-state index >= 15 is 0 Å². The molecule has 2 atom stereocenters. The Balaban J connectivity index is 1.62. The molecule has 1 fully saturated rings. The first-order chi connectivity index (χ1) is 16.1. The number of carbonyl (C=O) groups is 1. The van der Waals surface area contributed by atoms with Gasteiger partial charge < -0.3 is 11.1 Å². The Kier molecular flexibility index (Phi) is 6.49. The number of anilines is 2. The molecule has 1 aliphatic carbocycles. The summed E-state index contributed by atoms with van der Waals surface area (Å²) in [6, 6.07) is 7.52. The second-order valence-electron chi connectivity index (χ2n) is 8.25. The third-order valence-electron chi connectivity index (χ3n) is 6.04. The summed E-state index contributed by atoms with van der Waals surface area (Å²) < 4.78 is 68.2. The van der Waals surface area contributed by atoms with E-state index in [9.17, 15) is 26.7 Å². The second kappa shape index (κ2) is 9.36. The second-order valence-corrected chi connectivity index (χ2v) is 8.25. The number of nitrogens with zero attached hydrogens (tertiary/aromatic N) is 2. The molecular formula is C24H21F5N4O. The van der Waals surface area contributed by atoms with Crippen molar-refractivity contribution < 1.29 is 26.7 Å². The lowest BCUT2D eigenvalue weighted by molar-refractivity contribution is -0.183. The maximum Gasteiger partial charge on any atom is 0.391 e. The van der Waals surface area contributed by atoms with Gasteiger partial charge >= 0.3 is 6.18 Å². The molecule has 3 aromatic rings. The van der Waals surface area contributed by atoms with Gasteiger partial charge in [0.15, 0.2) is 5.69 Å². The molecule has 5 nitrogen and oxygen atoms in total. The van der Waals surface area contributed by atoms with Gasteiger partial charge in [-0.05, 0) is 61.1 Å². The molecular weight excluding hydrogens is 455 g/mol. The molecule has 0 unspecified atom stereocenters. The number of carbonyl (C=O) groups excluding carboxylic acids is 1. The molecule has 0 saturated heterocycles. The number of hydrogen-bond donors (Lipinski definition) is 2. The van der Waals surface area contributed by atoms with Gasteiger partial charge in [0, 0.05) is 6.20 Å². The zero-order chi connectivity index (χ0) is 24.5. The summed E-state index contributed by atoms with van der Waals surface area (Å²) in [7, 11) is 0. The standard InChI is InChI=1S/C24H21F5N4O/c25-16-5-2-6-17(26)21(16)19-8-7-18(30)22(32-19)23(34)33-20-12-31-10-9-15(20)13-3-1-4-14(11-13)24(27,28)29/h2,5-10,12-14H,1,3-4,11,30H2,(H,33,34)/t13-,14+/m0/s1. The van der Waals surface area contributed by atoms with Crippen LogP contribution < -0.4 is 11.1 Å². The average Bonchev–Trinajstić information content (AvgIpc) is 2.80. The summed E-state index contributed by atoms with van der Waals surface area (Å²) in [4.78, 5) is 21.0. The molecule has 4 rings (SSSR count). The molecule has 1 aromatic carbocycles. The van der Waals surface area contributed by atoms with Crippen LogP contribution in [0, 0.1) is 17.6 Å². The molecule has 34 heavy (non-hydrogen) atoms. The van der Waals surface area contributed by atoms with Gasteiger partial charge in [0.05, 0.1) is 34.7 Å². The predicted molar refractivity (Wildman–Crippen MR) is 117 cm³/mol. The zero-order valence-corrected chi connectivity index (χ0v) is 17.9. The van der Waals surface area contributed by atoms with Gasteiger partial charge in [-0.15, -0.1) is 0 Å². The first kappa shape index (κ1) is 23.6. The van der Waals surface area contributed by atoms with E-state index in [-0.39, 0.29) is 35.6 Å². The van der Waals surface area contributed by atoms with Crippen LogP contribution in [0.5, 0.6) is 0 Å². The van der Waals surface area contributed by atoms with Crippen molar-refractivity contribution in [1.29, 1.82) is 0 Å². The molecule has 0 radical (unpaired) electrons. The van der Waals surface area contributed by atoms with Gasteiger partial charge in [0.2, 0.25) is 0 Å². The Bertz CT molecular complexity index is 1190. The summed E-state index contributed by atoms with van der Waals surface area (Å²) in [6.45, 7) is 0. The molecule has 178 valence electrons. The van der Waals surface area contributed by atoms with Gasteiger partial charge in [-0.1, -0.05) is 12.5 Å². The van der Waals surface area contributed by atoms with Crippen molar-refractivity contribution in [2.75, 3.05) is 11.1 Å². The minimum atomic E-state index is -4.28. The maximum absolute atomic E-state index is 14.2. The lowest BCUT2D eigenvalue weighted by Crippen LogP contribution is -2.28. The fourth-order valence-electron chi connectivity index (χ4n) is 4.35. The molecule has 0 spiro atoms. The average molecular weight is 476 g/mol. The van der Waals surface area contributed by atoms with Crippen molar-refractivity contribution in [1.82, 2.24) is 9.97 Å². The largest absolute Gasteiger partial charge is 0.397 e. The van der Waals surface area contributed by atoms with E-state index in [1.54, 1.807) is 6.07 Å². The summed E-state index contributed by atoms with van der Waals surface area (Å²) in [5.41, 5.74) is 5.84. The number of aromatic nitrogens is 2. The SMILES string of the molecule is Nc1ccc(-c2c(F)cccc2F)nc1C(=O)Nc1cnccc1[C@H]1CCC[C@@H](C(F)(F)F)C1. The summed E-state index contributed by atoms with van der Waals surface area (Å²) >= 11 is 0. The molecule has 0 bridgehead atoms. The number of pyridine rings is 2. The van der Waals surface area contributed by atoms with Crippen LogP contribution in [-0.2, 0) is 0 Å². The van der Waals surface area contributed by atoms with E-state index in [0.717, 1.165) is 12.1 Å². The van der Waals surface area contributed by atoms with Crippen LogP contribution in [-0.4, -0.2) is 22.1 Å². The molecule has 1 aliphatic rings. The molecule has 3 N–H and O–H groups in total. The van der Waals surface area contributed by atoms with E-state index in [0.29, 0.717) is 18.4 Å². The Labute approximate surface area is 192 Å². The lowest BCUT2D eigenvalue weighted by atomic mass is 9.77. The van der Waals surface area contributed by atoms with Gasteiger partial charge in [-0.2, -0.15) is 13.2 Å². The highest BCUT2D eigenvalue weighted by atomic mass is 19.4. The minimum absolute atomic E-state index is 0.0294. The maximum atomic E-state index is 14.2. The monoisotopic (exact) mass is 476 g/mol. The molecule has 1 amide bonds. The zero-order valence-electron chi connectivity index (χ0n) is 17.9. The molecule has 0 aliphatic heterocycles. The lowest BCUT2D eigenvalue weighted by Gasteiger charge is -2.31. The van der Waals surface area contributed by atoms with Crippen LogP contribution >= 0.6 is 0 Å². The number of nitrogen functional groups attached to an aromatic ring is 1. The highest BCUT2D eigenvalue weighted by Crippen LogP contribution is 2.45. The highest BCUT2D eigenvalue weighted by molar-refractivity contribution is 6.06. The van der Waals surface area contributed by atoms with Gasteiger partial charge in [0.25, 0.3) is 5.91 Å². The van der Waals surface area contributed by atoms with Crippen molar-refractivity contribution in [3.63, 3.8) is 0 Å². The van der Waals surface area contributed by atoms with E-state index < -0.39 is 41.1 Å². The fourth-order valence-corrected chi connectivity index (χ4v) is 4.35. The van der Waals surface area contributed by atoms with Crippen LogP contribution in [0.4, 0.5) is 33.3 Å². The van der Waals surface area contributed by atoms with E-state index in [4.69, 9.17) is 5.73 Å². The third-order valence-corrected chi connectivity index (χ3v) is 6.04. The Morgan fingerprint density at radius 3 is 2.50 bits per heavy atom. The van der Waals surface area contributed by atoms with Gasteiger partial charge in [-0.25, -0.2) is 13.8 Å². The normalized spacial score (nSPS) is 18.5. The number of nitrogens with one attached hydrogen (secondary N) is 1. The number of hydrogen-bond acceptors (Lipinski definition) is 4. The number of nitrogens with two attached hydrogens (primary N) is 1. The van der Waals surface area contributed by atoms with Crippen LogP contribution in [0.15, 0.2) is 48.8 Å². The van der Waals surface area contributed by atoms with Gasteiger partial charge in [0.1, 0.15) is 11.6 Å². The number of halogens is 5. The van der Waals surface area contributed by atoms with Crippen LogP contribution in [0.1, 0.15) is 47.7 Å². The minimum Gasteiger partial charge on any atom is -0.397 e. The van der Waals surface area contributed by atoms with Crippen LogP contribution in [0.25, 0.3) is 11.3 Å². The number of benzene rings is 1. The number of amides is 1. The Hall–Kier alpha value is -3.56. The van der Waals surface area contributed by atoms with Crippen LogP contribution in [0.2, 0.25) is 0 Å². The van der Waals surface area contributed by atoms with Crippen molar-refractivity contribution >= 4 is 17.3 Å². The quantitative estimate of drug-likeness (QED) is 0.447. The topological polar surface area (TPSA) is 80.9 Å². The van der Waals surface area contributed by atoms with Crippen molar-refractivity contribution in [3.8, 4) is 11.3 Å². The summed E-state index contributed by atoms with van der Waals surface area (Å²) in [5, 5.41) is 2.61. The third kappa shape index (κ3) is 4.85. The van der Waals surface area contributed by atoms with E-state index in [1.807, 2.05) is 0 Å². The predicted octanol–water partition coefficient (Wildman–Crippen LogP) is 6.09. The molecule has 10 heteroatoms. The molecule has 2 heterocycles. The van der Waals surface area contributed by atoms with Gasteiger partial charge in [-0.3, -0.25) is 9.78 Å². The van der Waals surface area contributed by atoms with E-state index in [2.05, 4.69) is 15.3 Å². The van der Waals surface area contributed by atoms with E-state index in [1.165, 1.54) is 30.6 Å². The first-order valence-corrected chi connectivity index (χ1v) is 10.7. The van der Waals surface area contributed by atoms with Crippen molar-refractivity contribution in [2.45, 2.75) is 37.8 Å². The number of alkyl halides is 3. The summed E-state index contributed by atoms with van der Waals surface area (Å²) in [5.74, 6) is -4.30. The molecule has 2 aromatic heterocycles. The number of rotatable bonds is 4. The van der Waals surface area contributed by atoms with Crippen molar-refractivity contribution in [2.24, 2.45) is 5.92 Å². The Morgan fingerprint density at radius 2 is 1.79 bits per heavy atom. The summed E-state index contributed by atoms with van der Waals surface area (Å²) in [6.07, 6.45) is -0.532. The highest BCUT2D eigenvalue weighted by Gasteiger charge is 2.42. The fraction of sp³-hybridized carbons (Fsp3) is 0.292. The smallest absolute Gasteiger partial charge is 0.391 e. The molecule has 1 saturated carbocycles. The van der Waals surface area contributed by atoms with Crippen molar-refractivity contribution in [3.05, 3.63) is 71.7 Å². The Morgan fingerprint density at radius 1 is 1.06 bits per heavy atom. The first-order valence-electron chi connectivity index (χ1n) is 10.7. The van der Waals surface area contributed by atoms with Crippen LogP contribution in [0.3, 0.4) is 0 Å².